The molecule has 2 aliphatic rings. The minimum atomic E-state index is -1.64. The molecule has 262 valence electrons. The average molecular weight is 669 g/mol. The van der Waals surface area contributed by atoms with Crippen LogP contribution in [-0.4, -0.2) is 75.0 Å². The number of rotatable bonds is 18. The highest BCUT2D eigenvalue weighted by molar-refractivity contribution is 5.86. The van der Waals surface area contributed by atoms with Crippen molar-refractivity contribution in [1.29, 1.82) is 0 Å². The summed E-state index contributed by atoms with van der Waals surface area (Å²) in [4.78, 5) is 52.0. The Morgan fingerprint density at radius 1 is 0.917 bits per heavy atom. The predicted molar refractivity (Wildman–Crippen MR) is 177 cm³/mol. The summed E-state index contributed by atoms with van der Waals surface area (Å²) < 4.78 is 36.1. The van der Waals surface area contributed by atoms with Gasteiger partial charge in [-0.2, -0.15) is 0 Å². The van der Waals surface area contributed by atoms with Gasteiger partial charge in [-0.05, 0) is 68.7 Å². The molecule has 1 saturated heterocycles. The van der Waals surface area contributed by atoms with Gasteiger partial charge in [0.25, 0.3) is 5.91 Å². The largest absolute Gasteiger partial charge is 0.458 e. The molecule has 1 aliphatic heterocycles. The maximum atomic E-state index is 14.4. The topological polar surface area (TPSA) is 129 Å². The molecule has 4 rings (SSSR count). The number of nitrogens with one attached hydrogen (secondary N) is 2. The van der Waals surface area contributed by atoms with Crippen LogP contribution in [0.2, 0.25) is 0 Å². The fraction of sp³-hybridized carbons (Fsp3) is 0.568. The number of benzene rings is 2. The molecule has 1 aliphatic carbocycles. The highest BCUT2D eigenvalue weighted by Crippen LogP contribution is 2.35. The number of amides is 1. The fourth-order valence-electron chi connectivity index (χ4n) is 5.75. The number of hydrogen-bond acceptors (Lipinski definition) is 9. The molecule has 3 atom stereocenters. The minimum absolute atomic E-state index is 0.0586. The van der Waals surface area contributed by atoms with Gasteiger partial charge in [0.05, 0.1) is 5.92 Å². The Labute approximate surface area is 282 Å². The van der Waals surface area contributed by atoms with E-state index >= 15 is 0 Å². The summed E-state index contributed by atoms with van der Waals surface area (Å²) in [7, 11) is 1.54. The number of hydrogen-bond donors (Lipinski definition) is 2. The number of likely N-dealkylation sites (N-methyl/N-ethyl adjacent to an activating group) is 1. The normalized spacial score (nSPS) is 17.1. The molecule has 48 heavy (non-hydrogen) atoms. The Morgan fingerprint density at radius 2 is 1.60 bits per heavy atom. The number of halogens is 1. The summed E-state index contributed by atoms with van der Waals surface area (Å²) in [6.07, 6.45) is 3.04. The highest BCUT2D eigenvalue weighted by Gasteiger charge is 2.34. The molecule has 2 aromatic rings. The van der Waals surface area contributed by atoms with Crippen molar-refractivity contribution in [3.8, 4) is 0 Å². The van der Waals surface area contributed by atoms with Crippen molar-refractivity contribution in [2.45, 2.75) is 89.1 Å². The molecule has 2 unspecified atom stereocenters. The summed E-state index contributed by atoms with van der Waals surface area (Å²) in [6, 6.07) is 16.1. The summed E-state index contributed by atoms with van der Waals surface area (Å²) in [5.74, 6) is -2.58. The molecule has 1 saturated carbocycles. The van der Waals surface area contributed by atoms with Crippen LogP contribution in [0.4, 0.5) is 4.39 Å². The molecule has 1 heterocycles. The van der Waals surface area contributed by atoms with Crippen LogP contribution in [0, 0.1) is 11.8 Å². The van der Waals surface area contributed by atoms with E-state index in [4.69, 9.17) is 18.9 Å². The van der Waals surface area contributed by atoms with Gasteiger partial charge in [0.15, 0.2) is 12.7 Å². The second-order valence-electron chi connectivity index (χ2n) is 13.4. The van der Waals surface area contributed by atoms with Crippen molar-refractivity contribution in [1.82, 2.24) is 10.6 Å². The molecular weight excluding hydrogens is 619 g/mol. The molecular formula is C37H49FN2O8. The number of ether oxygens (including phenoxy) is 4. The van der Waals surface area contributed by atoms with E-state index < -0.39 is 54.2 Å². The monoisotopic (exact) mass is 668 g/mol. The van der Waals surface area contributed by atoms with Crippen LogP contribution in [0.5, 0.6) is 0 Å². The maximum absolute atomic E-state index is 14.4. The van der Waals surface area contributed by atoms with E-state index in [2.05, 4.69) is 10.6 Å². The average Bonchev–Trinajstić information content (AvgIpc) is 3.91. The van der Waals surface area contributed by atoms with Crippen LogP contribution in [-0.2, 0) is 51.2 Å². The Kier molecular flexibility index (Phi) is 13.9. The van der Waals surface area contributed by atoms with E-state index in [0.29, 0.717) is 18.3 Å². The Bertz CT molecular complexity index is 1340. The van der Waals surface area contributed by atoms with Crippen LogP contribution >= 0.6 is 0 Å². The van der Waals surface area contributed by atoms with E-state index in [1.165, 1.54) is 26.5 Å². The summed E-state index contributed by atoms with van der Waals surface area (Å²) >= 11 is 0. The molecule has 2 aromatic carbocycles. The van der Waals surface area contributed by atoms with Gasteiger partial charge in [0, 0.05) is 32.6 Å². The van der Waals surface area contributed by atoms with Gasteiger partial charge in [0.1, 0.15) is 18.3 Å². The van der Waals surface area contributed by atoms with Crippen molar-refractivity contribution in [2.75, 3.05) is 33.4 Å². The molecule has 2 N–H and O–H groups in total. The van der Waals surface area contributed by atoms with Gasteiger partial charge in [-0.25, -0.2) is 9.18 Å². The molecule has 11 heteroatoms. The van der Waals surface area contributed by atoms with E-state index in [1.54, 1.807) is 0 Å². The van der Waals surface area contributed by atoms with Crippen LogP contribution in [0.25, 0.3) is 0 Å². The number of alkyl halides is 1. The Balaban J connectivity index is 1.38. The van der Waals surface area contributed by atoms with Crippen LogP contribution < -0.4 is 10.6 Å². The predicted octanol–water partition coefficient (Wildman–Crippen LogP) is 4.58. The lowest BCUT2D eigenvalue weighted by atomic mass is 9.90. The zero-order chi connectivity index (χ0) is 34.5. The lowest BCUT2D eigenvalue weighted by Gasteiger charge is -2.25. The lowest BCUT2D eigenvalue weighted by molar-refractivity contribution is -0.162. The van der Waals surface area contributed by atoms with E-state index in [-0.39, 0.29) is 26.0 Å². The van der Waals surface area contributed by atoms with Gasteiger partial charge < -0.3 is 29.6 Å². The number of carbonyl (C=O) groups is 4. The quantitative estimate of drug-likeness (QED) is 0.173. The van der Waals surface area contributed by atoms with Crippen molar-refractivity contribution < 1.29 is 42.5 Å². The van der Waals surface area contributed by atoms with E-state index in [1.807, 2.05) is 54.6 Å². The van der Waals surface area contributed by atoms with Gasteiger partial charge in [0.2, 0.25) is 0 Å². The molecule has 2 fully saturated rings. The zero-order valence-electron chi connectivity index (χ0n) is 28.2. The summed E-state index contributed by atoms with van der Waals surface area (Å²) in [6.45, 7) is 3.65. The van der Waals surface area contributed by atoms with Gasteiger partial charge in [-0.15, -0.1) is 0 Å². The first kappa shape index (κ1) is 37.0. The highest BCUT2D eigenvalue weighted by atomic mass is 19.1. The van der Waals surface area contributed by atoms with Crippen LogP contribution in [0.3, 0.4) is 0 Å². The second-order valence-corrected chi connectivity index (χ2v) is 13.4. The van der Waals surface area contributed by atoms with Gasteiger partial charge >= 0.3 is 17.9 Å². The zero-order valence-corrected chi connectivity index (χ0v) is 28.2. The van der Waals surface area contributed by atoms with E-state index in [0.717, 1.165) is 50.0 Å². The molecule has 0 radical (unpaired) electrons. The smallest absolute Gasteiger partial charge is 0.344 e. The standard InChI is InChI=1S/C37H49FN2O8/c1-37(2,38)21-31(39-3)36(44)48-32(20-26-11-13-28(14-12-26)29-15-17-45-18-16-29)34(42)40-22-30(19-25-9-10-25)35(43)47-24-33(41)46-23-27-7-5-4-6-8-27/h4-8,11-14,25,29-32,39H,9-10,15-24H2,1-3H3,(H,40,42)/t30-,31?,32?/m0/s1. The molecule has 10 nitrogen and oxygen atoms in total. The van der Waals surface area contributed by atoms with Crippen molar-refractivity contribution in [2.24, 2.45) is 11.8 Å². The minimum Gasteiger partial charge on any atom is -0.458 e. The third kappa shape index (κ3) is 12.6. The molecule has 0 aromatic heterocycles. The first-order valence-electron chi connectivity index (χ1n) is 16.9. The Hall–Kier alpha value is -3.83. The van der Waals surface area contributed by atoms with Crippen LogP contribution in [0.15, 0.2) is 54.6 Å². The SMILES string of the molecule is CNC(CC(C)(C)F)C(=O)OC(Cc1ccc(C2CCOCC2)cc1)C(=O)NC[C@H](CC1CC1)C(=O)OCC(=O)OCc1ccccc1. The molecule has 0 bridgehead atoms. The lowest BCUT2D eigenvalue weighted by Crippen LogP contribution is -2.46. The third-order valence-corrected chi connectivity index (χ3v) is 8.71. The summed E-state index contributed by atoms with van der Waals surface area (Å²) in [5, 5.41) is 5.57. The van der Waals surface area contributed by atoms with Crippen LogP contribution in [0.1, 0.15) is 75.0 Å². The first-order chi connectivity index (χ1) is 23.0. The fourth-order valence-corrected chi connectivity index (χ4v) is 5.75. The Morgan fingerprint density at radius 3 is 2.23 bits per heavy atom. The summed E-state index contributed by atoms with van der Waals surface area (Å²) in [5.41, 5.74) is 1.14. The van der Waals surface area contributed by atoms with Gasteiger partial charge in [-0.3, -0.25) is 14.4 Å². The van der Waals surface area contributed by atoms with Gasteiger partial charge in [-0.1, -0.05) is 67.4 Å². The van der Waals surface area contributed by atoms with Crippen molar-refractivity contribution in [3.63, 3.8) is 0 Å². The number of esters is 3. The maximum Gasteiger partial charge on any atom is 0.344 e. The van der Waals surface area contributed by atoms with Crippen molar-refractivity contribution in [3.05, 3.63) is 71.3 Å². The third-order valence-electron chi connectivity index (χ3n) is 8.71. The van der Waals surface area contributed by atoms with E-state index in [9.17, 15) is 23.6 Å². The first-order valence-corrected chi connectivity index (χ1v) is 16.9. The number of carbonyl (C=O) groups excluding carboxylic acids is 4. The molecule has 0 spiro atoms. The molecule has 1 amide bonds. The van der Waals surface area contributed by atoms with Crippen molar-refractivity contribution >= 4 is 23.8 Å². The second kappa shape index (κ2) is 18.1.